The SMILES string of the molecule is C(OCC1CO1)C1CO1.C1=Cc2ccccc2C1. The minimum absolute atomic E-state index is 0.392. The van der Waals surface area contributed by atoms with Crippen LogP contribution in [0.4, 0.5) is 0 Å². The van der Waals surface area contributed by atoms with E-state index in [2.05, 4.69) is 36.4 Å². The number of benzene rings is 1. The average molecular weight is 246 g/mol. The van der Waals surface area contributed by atoms with E-state index in [1.807, 2.05) is 0 Å². The zero-order valence-corrected chi connectivity index (χ0v) is 10.4. The van der Waals surface area contributed by atoms with Gasteiger partial charge in [0.15, 0.2) is 0 Å². The van der Waals surface area contributed by atoms with Crippen LogP contribution in [-0.2, 0) is 20.6 Å². The molecule has 2 aliphatic heterocycles. The van der Waals surface area contributed by atoms with Crippen molar-refractivity contribution in [2.24, 2.45) is 0 Å². The molecule has 2 fully saturated rings. The molecule has 2 unspecified atom stereocenters. The summed E-state index contributed by atoms with van der Waals surface area (Å²) in [7, 11) is 0. The second-order valence-corrected chi connectivity index (χ2v) is 4.75. The standard InChI is InChI=1S/C9H8.C6H10O3/c1-2-5-9-7-3-6-8(9)4-1;1(5-3-8-5)7-2-6-4-9-6/h1-6H,7H2;5-6H,1-4H2. The van der Waals surface area contributed by atoms with Crippen molar-refractivity contribution in [3.63, 3.8) is 0 Å². The van der Waals surface area contributed by atoms with Crippen LogP contribution in [0.5, 0.6) is 0 Å². The summed E-state index contributed by atoms with van der Waals surface area (Å²) in [5, 5.41) is 0. The van der Waals surface area contributed by atoms with Gasteiger partial charge in [-0.15, -0.1) is 0 Å². The van der Waals surface area contributed by atoms with Gasteiger partial charge in [0.25, 0.3) is 0 Å². The second-order valence-electron chi connectivity index (χ2n) is 4.75. The van der Waals surface area contributed by atoms with E-state index in [1.54, 1.807) is 0 Å². The maximum absolute atomic E-state index is 5.23. The highest BCUT2D eigenvalue weighted by Crippen LogP contribution is 2.17. The summed E-state index contributed by atoms with van der Waals surface area (Å²) < 4.78 is 15.1. The quantitative estimate of drug-likeness (QED) is 0.763. The van der Waals surface area contributed by atoms with Gasteiger partial charge in [0.05, 0.1) is 26.4 Å². The van der Waals surface area contributed by atoms with Crippen molar-refractivity contribution >= 4 is 6.08 Å². The molecular formula is C15H18O3. The Balaban J connectivity index is 0.000000111. The molecule has 3 aliphatic rings. The second kappa shape index (κ2) is 5.65. The normalized spacial score (nSPS) is 26.2. The van der Waals surface area contributed by atoms with Gasteiger partial charge in [0.2, 0.25) is 0 Å². The molecule has 1 aromatic rings. The first-order valence-electron chi connectivity index (χ1n) is 6.47. The van der Waals surface area contributed by atoms with E-state index in [-0.39, 0.29) is 0 Å². The van der Waals surface area contributed by atoms with Gasteiger partial charge in [0.1, 0.15) is 12.2 Å². The summed E-state index contributed by atoms with van der Waals surface area (Å²) in [6.07, 6.45) is 6.28. The maximum Gasteiger partial charge on any atom is 0.104 e. The number of hydrogen-bond acceptors (Lipinski definition) is 3. The summed E-state index contributed by atoms with van der Waals surface area (Å²) in [5.74, 6) is 0. The Morgan fingerprint density at radius 2 is 1.72 bits per heavy atom. The first-order valence-corrected chi connectivity index (χ1v) is 6.47. The lowest BCUT2D eigenvalue weighted by Crippen LogP contribution is -2.06. The monoisotopic (exact) mass is 246 g/mol. The van der Waals surface area contributed by atoms with Crippen LogP contribution in [0.1, 0.15) is 11.1 Å². The van der Waals surface area contributed by atoms with Crippen LogP contribution in [-0.4, -0.2) is 38.6 Å². The van der Waals surface area contributed by atoms with Crippen LogP contribution in [0.2, 0.25) is 0 Å². The lowest BCUT2D eigenvalue weighted by atomic mass is 10.1. The van der Waals surface area contributed by atoms with E-state index in [9.17, 15) is 0 Å². The Morgan fingerprint density at radius 1 is 1.06 bits per heavy atom. The third kappa shape index (κ3) is 3.67. The zero-order valence-electron chi connectivity index (χ0n) is 10.4. The Hall–Kier alpha value is -1.16. The molecule has 0 N–H and O–H groups in total. The summed E-state index contributed by atoms with van der Waals surface area (Å²) >= 11 is 0. The molecule has 2 saturated heterocycles. The number of allylic oxidation sites excluding steroid dienone is 1. The summed E-state index contributed by atoms with van der Waals surface area (Å²) in [4.78, 5) is 0. The minimum atomic E-state index is 0.392. The van der Waals surface area contributed by atoms with E-state index < -0.39 is 0 Å². The molecule has 0 saturated carbocycles. The fourth-order valence-electron chi connectivity index (χ4n) is 1.86. The maximum atomic E-state index is 5.23. The summed E-state index contributed by atoms with van der Waals surface area (Å²) in [6.45, 7) is 3.26. The van der Waals surface area contributed by atoms with Gasteiger partial charge >= 0.3 is 0 Å². The molecular weight excluding hydrogens is 228 g/mol. The Bertz CT molecular complexity index is 408. The molecule has 2 atom stereocenters. The molecule has 3 heteroatoms. The van der Waals surface area contributed by atoms with Crippen LogP contribution >= 0.6 is 0 Å². The van der Waals surface area contributed by atoms with Gasteiger partial charge in [-0.3, -0.25) is 0 Å². The third-order valence-electron chi connectivity index (χ3n) is 3.10. The highest BCUT2D eigenvalue weighted by atomic mass is 16.6. The molecule has 1 aliphatic carbocycles. The van der Waals surface area contributed by atoms with Gasteiger partial charge in [-0.1, -0.05) is 36.4 Å². The molecule has 0 bridgehead atoms. The fourth-order valence-corrected chi connectivity index (χ4v) is 1.86. The minimum Gasteiger partial charge on any atom is -0.376 e. The van der Waals surface area contributed by atoms with Crippen molar-refractivity contribution in [3.8, 4) is 0 Å². The largest absolute Gasteiger partial charge is 0.376 e. The number of fused-ring (bicyclic) bond motifs is 1. The van der Waals surface area contributed by atoms with E-state index in [1.165, 1.54) is 11.1 Å². The number of hydrogen-bond donors (Lipinski definition) is 0. The topological polar surface area (TPSA) is 34.3 Å². The zero-order chi connectivity index (χ0) is 12.2. The van der Waals surface area contributed by atoms with E-state index >= 15 is 0 Å². The predicted octanol–water partition coefficient (Wildman–Crippen LogP) is 2.06. The highest BCUT2D eigenvalue weighted by Gasteiger charge is 2.26. The van der Waals surface area contributed by atoms with Crippen LogP contribution in [0.25, 0.3) is 6.08 Å². The average Bonchev–Trinajstić information content (AvgIpc) is 3.32. The van der Waals surface area contributed by atoms with Crippen molar-refractivity contribution in [3.05, 3.63) is 41.5 Å². The van der Waals surface area contributed by atoms with E-state index in [0.717, 1.165) is 32.8 Å². The number of rotatable bonds is 4. The van der Waals surface area contributed by atoms with Gasteiger partial charge in [0, 0.05) is 0 Å². The molecule has 3 nitrogen and oxygen atoms in total. The van der Waals surface area contributed by atoms with E-state index in [0.29, 0.717) is 12.2 Å². The molecule has 0 spiro atoms. The van der Waals surface area contributed by atoms with Crippen molar-refractivity contribution in [1.82, 2.24) is 0 Å². The lowest BCUT2D eigenvalue weighted by Gasteiger charge is -1.95. The molecule has 0 aromatic heterocycles. The van der Waals surface area contributed by atoms with Crippen LogP contribution < -0.4 is 0 Å². The molecule has 2 heterocycles. The van der Waals surface area contributed by atoms with Crippen molar-refractivity contribution < 1.29 is 14.2 Å². The van der Waals surface area contributed by atoms with Gasteiger partial charge < -0.3 is 14.2 Å². The number of epoxide rings is 2. The van der Waals surface area contributed by atoms with Crippen molar-refractivity contribution in [1.29, 1.82) is 0 Å². The van der Waals surface area contributed by atoms with Crippen LogP contribution in [0.15, 0.2) is 30.3 Å². The summed E-state index contributed by atoms with van der Waals surface area (Å²) in [6, 6.07) is 8.49. The summed E-state index contributed by atoms with van der Waals surface area (Å²) in [5.41, 5.74) is 2.84. The molecule has 18 heavy (non-hydrogen) atoms. The van der Waals surface area contributed by atoms with E-state index in [4.69, 9.17) is 14.2 Å². The smallest absolute Gasteiger partial charge is 0.104 e. The van der Waals surface area contributed by atoms with Gasteiger partial charge in [-0.25, -0.2) is 0 Å². The van der Waals surface area contributed by atoms with Crippen LogP contribution in [0, 0.1) is 0 Å². The predicted molar refractivity (Wildman–Crippen MR) is 69.5 cm³/mol. The van der Waals surface area contributed by atoms with Crippen molar-refractivity contribution in [2.75, 3.05) is 26.4 Å². The van der Waals surface area contributed by atoms with Crippen LogP contribution in [0.3, 0.4) is 0 Å². The Kier molecular flexibility index (Phi) is 3.74. The first kappa shape index (κ1) is 11.9. The Labute approximate surface area is 107 Å². The molecule has 1 aromatic carbocycles. The Morgan fingerprint density at radius 3 is 2.33 bits per heavy atom. The van der Waals surface area contributed by atoms with Crippen molar-refractivity contribution in [2.45, 2.75) is 18.6 Å². The molecule has 0 amide bonds. The highest BCUT2D eigenvalue weighted by molar-refractivity contribution is 5.59. The van der Waals surface area contributed by atoms with Gasteiger partial charge in [-0.05, 0) is 17.5 Å². The first-order chi connectivity index (χ1) is 8.92. The molecule has 4 rings (SSSR count). The van der Waals surface area contributed by atoms with Gasteiger partial charge in [-0.2, -0.15) is 0 Å². The lowest BCUT2D eigenvalue weighted by molar-refractivity contribution is 0.102. The molecule has 0 radical (unpaired) electrons. The number of ether oxygens (including phenoxy) is 3. The fraction of sp³-hybridized carbons (Fsp3) is 0.467. The molecule has 96 valence electrons. The third-order valence-corrected chi connectivity index (χ3v) is 3.10.